The molecule has 0 saturated carbocycles. The number of hydrogen-bond donors (Lipinski definition) is 2. The van der Waals surface area contributed by atoms with Crippen LogP contribution >= 0.6 is 0 Å². The number of aryl methyl sites for hydroxylation is 1. The maximum Gasteiger partial charge on any atom is 0.243 e. The number of nitrogens with one attached hydrogen (secondary N) is 2. The fourth-order valence-electron chi connectivity index (χ4n) is 1.77. The Hall–Kier alpha value is -2.11. The van der Waals surface area contributed by atoms with Crippen LogP contribution in [0.4, 0.5) is 5.95 Å². The molecular weight excluding hydrogens is 242 g/mol. The molecule has 2 N–H and O–H groups in total. The van der Waals surface area contributed by atoms with Crippen molar-refractivity contribution in [2.24, 2.45) is 0 Å². The maximum atomic E-state index is 11.8. The first-order valence-corrected chi connectivity index (χ1v) is 6.36. The summed E-state index contributed by atoms with van der Waals surface area (Å²) in [6.07, 6.45) is 1.83. The van der Waals surface area contributed by atoms with Crippen LogP contribution < -0.4 is 10.6 Å². The highest BCUT2D eigenvalue weighted by Gasteiger charge is 2.15. The maximum absolute atomic E-state index is 11.8. The molecule has 1 unspecified atom stereocenters. The molecule has 1 atom stereocenters. The summed E-state index contributed by atoms with van der Waals surface area (Å²) in [5.74, 6) is 0.395. The van der Waals surface area contributed by atoms with Crippen molar-refractivity contribution in [2.45, 2.75) is 39.8 Å². The molecule has 2 rings (SSSR count). The average Bonchev–Trinajstić information content (AvgIpc) is 2.72. The van der Waals surface area contributed by atoms with Gasteiger partial charge in [-0.1, -0.05) is 6.07 Å². The zero-order valence-corrected chi connectivity index (χ0v) is 11.6. The molecule has 6 heteroatoms. The number of fused-ring (bicyclic) bond motifs is 1. The molecule has 0 radical (unpaired) electrons. The highest BCUT2D eigenvalue weighted by Crippen LogP contribution is 2.10. The summed E-state index contributed by atoms with van der Waals surface area (Å²) in [5.41, 5.74) is 1.84. The number of carbonyl (C=O) groups excluding carboxylic acids is 1. The van der Waals surface area contributed by atoms with Crippen LogP contribution in [-0.2, 0) is 4.79 Å². The van der Waals surface area contributed by atoms with Crippen LogP contribution in [0.2, 0.25) is 0 Å². The van der Waals surface area contributed by atoms with Crippen molar-refractivity contribution in [1.82, 2.24) is 19.9 Å². The van der Waals surface area contributed by atoms with Crippen LogP contribution in [-0.4, -0.2) is 32.6 Å². The topological polar surface area (TPSA) is 71.3 Å². The molecule has 0 saturated heterocycles. The minimum Gasteiger partial charge on any atom is -0.352 e. The van der Waals surface area contributed by atoms with E-state index in [2.05, 4.69) is 20.7 Å². The van der Waals surface area contributed by atoms with Crippen LogP contribution in [0.1, 0.15) is 26.3 Å². The molecular formula is C13H19N5O. The van der Waals surface area contributed by atoms with E-state index in [0.717, 1.165) is 11.2 Å². The van der Waals surface area contributed by atoms with Gasteiger partial charge in [-0.2, -0.15) is 4.98 Å². The minimum atomic E-state index is -0.375. The van der Waals surface area contributed by atoms with Crippen molar-refractivity contribution in [2.75, 3.05) is 5.32 Å². The molecule has 0 spiro atoms. The fourth-order valence-corrected chi connectivity index (χ4v) is 1.77. The smallest absolute Gasteiger partial charge is 0.243 e. The highest BCUT2D eigenvalue weighted by atomic mass is 16.2. The number of carbonyl (C=O) groups is 1. The second-order valence-corrected chi connectivity index (χ2v) is 4.92. The number of nitrogens with zero attached hydrogens (tertiary/aromatic N) is 3. The monoisotopic (exact) mass is 261 g/mol. The van der Waals surface area contributed by atoms with Gasteiger partial charge >= 0.3 is 0 Å². The van der Waals surface area contributed by atoms with E-state index in [1.54, 1.807) is 11.4 Å². The van der Waals surface area contributed by atoms with Gasteiger partial charge in [-0.15, -0.1) is 5.10 Å². The van der Waals surface area contributed by atoms with Gasteiger partial charge in [0.25, 0.3) is 0 Å². The molecule has 2 aromatic rings. The van der Waals surface area contributed by atoms with E-state index < -0.39 is 0 Å². The Morgan fingerprint density at radius 3 is 2.74 bits per heavy atom. The minimum absolute atomic E-state index is 0.0643. The summed E-state index contributed by atoms with van der Waals surface area (Å²) in [7, 11) is 0. The lowest BCUT2D eigenvalue weighted by molar-refractivity contribution is -0.122. The van der Waals surface area contributed by atoms with Crippen molar-refractivity contribution >= 4 is 17.5 Å². The van der Waals surface area contributed by atoms with Gasteiger partial charge in [0.05, 0.1) is 0 Å². The average molecular weight is 261 g/mol. The quantitative estimate of drug-likeness (QED) is 0.872. The summed E-state index contributed by atoms with van der Waals surface area (Å²) >= 11 is 0. The van der Waals surface area contributed by atoms with Gasteiger partial charge in [-0.25, -0.2) is 4.52 Å². The molecule has 19 heavy (non-hydrogen) atoms. The first kappa shape index (κ1) is 13.3. The van der Waals surface area contributed by atoms with E-state index in [1.165, 1.54) is 0 Å². The Balaban J connectivity index is 2.13. The van der Waals surface area contributed by atoms with E-state index >= 15 is 0 Å². The summed E-state index contributed by atoms with van der Waals surface area (Å²) in [4.78, 5) is 16.2. The van der Waals surface area contributed by atoms with Gasteiger partial charge in [0.1, 0.15) is 6.04 Å². The third-order valence-corrected chi connectivity index (χ3v) is 2.73. The Morgan fingerprint density at radius 2 is 2.11 bits per heavy atom. The standard InChI is InChI=1S/C13H19N5O/c1-8(2)14-12(19)10(4)15-13-16-11-9(3)6-5-7-18(11)17-13/h5-8,10H,1-4H3,(H,14,19)(H,15,17). The second-order valence-electron chi connectivity index (χ2n) is 4.92. The molecule has 2 aromatic heterocycles. The predicted octanol–water partition coefficient (Wildman–Crippen LogP) is 1.36. The third kappa shape index (κ3) is 3.01. The molecule has 6 nitrogen and oxygen atoms in total. The molecule has 0 fully saturated rings. The van der Waals surface area contributed by atoms with Gasteiger partial charge in [0, 0.05) is 12.2 Å². The van der Waals surface area contributed by atoms with Crippen molar-refractivity contribution in [1.29, 1.82) is 0 Å². The fraction of sp³-hybridized carbons (Fsp3) is 0.462. The van der Waals surface area contributed by atoms with Crippen LogP contribution in [0.15, 0.2) is 18.3 Å². The van der Waals surface area contributed by atoms with Gasteiger partial charge in [0.15, 0.2) is 5.65 Å². The van der Waals surface area contributed by atoms with E-state index in [-0.39, 0.29) is 18.0 Å². The van der Waals surface area contributed by atoms with Crippen LogP contribution in [0.3, 0.4) is 0 Å². The third-order valence-electron chi connectivity index (χ3n) is 2.73. The van der Waals surface area contributed by atoms with Crippen LogP contribution in [0, 0.1) is 6.92 Å². The zero-order valence-electron chi connectivity index (χ0n) is 11.6. The molecule has 0 aliphatic rings. The number of hydrogen-bond acceptors (Lipinski definition) is 4. The van der Waals surface area contributed by atoms with E-state index in [4.69, 9.17) is 0 Å². The highest BCUT2D eigenvalue weighted by molar-refractivity contribution is 5.83. The van der Waals surface area contributed by atoms with Crippen molar-refractivity contribution in [3.63, 3.8) is 0 Å². The second kappa shape index (κ2) is 5.26. The van der Waals surface area contributed by atoms with Gasteiger partial charge < -0.3 is 10.6 Å². The SMILES string of the molecule is Cc1cccn2nc(NC(C)C(=O)NC(C)C)nc12. The Morgan fingerprint density at radius 1 is 1.37 bits per heavy atom. The largest absolute Gasteiger partial charge is 0.352 e. The van der Waals surface area contributed by atoms with Gasteiger partial charge in [-0.05, 0) is 39.3 Å². The molecule has 2 heterocycles. The van der Waals surface area contributed by atoms with E-state index in [1.807, 2.05) is 39.1 Å². The molecule has 0 aromatic carbocycles. The predicted molar refractivity (Wildman–Crippen MR) is 74.1 cm³/mol. The Bertz CT molecular complexity index is 590. The number of amides is 1. The number of anilines is 1. The zero-order chi connectivity index (χ0) is 14.0. The first-order valence-electron chi connectivity index (χ1n) is 6.36. The molecule has 0 aliphatic heterocycles. The molecule has 102 valence electrons. The van der Waals surface area contributed by atoms with Crippen molar-refractivity contribution < 1.29 is 4.79 Å². The summed E-state index contributed by atoms with van der Waals surface area (Å²) in [6, 6.07) is 3.63. The summed E-state index contributed by atoms with van der Waals surface area (Å²) in [6.45, 7) is 7.62. The van der Waals surface area contributed by atoms with Gasteiger partial charge in [0.2, 0.25) is 11.9 Å². The number of rotatable bonds is 4. The molecule has 0 aliphatic carbocycles. The number of aromatic nitrogens is 3. The lowest BCUT2D eigenvalue weighted by atomic mass is 10.3. The van der Waals surface area contributed by atoms with E-state index in [9.17, 15) is 4.79 Å². The van der Waals surface area contributed by atoms with Crippen molar-refractivity contribution in [3.05, 3.63) is 23.9 Å². The Kier molecular flexibility index (Phi) is 3.69. The lowest BCUT2D eigenvalue weighted by Gasteiger charge is -2.14. The summed E-state index contributed by atoms with van der Waals surface area (Å²) < 4.78 is 1.70. The number of pyridine rings is 1. The molecule has 0 bridgehead atoms. The molecule has 1 amide bonds. The first-order chi connectivity index (χ1) is 8.97. The van der Waals surface area contributed by atoms with Gasteiger partial charge in [-0.3, -0.25) is 4.79 Å². The summed E-state index contributed by atoms with van der Waals surface area (Å²) in [5, 5.41) is 10.1. The normalized spacial score (nSPS) is 12.7. The Labute approximate surface area is 112 Å². The van der Waals surface area contributed by atoms with Crippen molar-refractivity contribution in [3.8, 4) is 0 Å². The lowest BCUT2D eigenvalue weighted by Crippen LogP contribution is -2.41. The van der Waals surface area contributed by atoms with Crippen LogP contribution in [0.25, 0.3) is 5.65 Å². The van der Waals surface area contributed by atoms with Crippen LogP contribution in [0.5, 0.6) is 0 Å². The van der Waals surface area contributed by atoms with E-state index in [0.29, 0.717) is 5.95 Å².